The van der Waals surface area contributed by atoms with Crippen LogP contribution in [0.2, 0.25) is 0 Å². The molecule has 1 aliphatic carbocycles. The maximum absolute atomic E-state index is 10.6. The molecule has 138 valence electrons. The van der Waals surface area contributed by atoms with Crippen molar-refractivity contribution >= 4 is 5.97 Å². The predicted octanol–water partition coefficient (Wildman–Crippen LogP) is 4.57. The van der Waals surface area contributed by atoms with Crippen LogP contribution in [-0.4, -0.2) is 27.1 Å². The van der Waals surface area contributed by atoms with Gasteiger partial charge >= 0.3 is 5.97 Å². The Hall–Kier alpha value is -1.13. The molecule has 0 heterocycles. The van der Waals surface area contributed by atoms with E-state index in [1.807, 2.05) is 0 Å². The van der Waals surface area contributed by atoms with Crippen molar-refractivity contribution in [2.45, 2.75) is 89.8 Å². The number of rotatable bonds is 13. The fraction of sp³-hybridized carbons (Fsp3) is 0.750. The second kappa shape index (κ2) is 11.4. The van der Waals surface area contributed by atoms with Crippen LogP contribution < -0.4 is 0 Å². The molecule has 0 fully saturated rings. The van der Waals surface area contributed by atoms with E-state index >= 15 is 0 Å². The Morgan fingerprint density at radius 3 is 2.67 bits per heavy atom. The van der Waals surface area contributed by atoms with Gasteiger partial charge in [0.15, 0.2) is 0 Å². The first kappa shape index (κ1) is 20.9. The van der Waals surface area contributed by atoms with Crippen molar-refractivity contribution in [2.75, 3.05) is 0 Å². The van der Waals surface area contributed by atoms with E-state index in [1.54, 1.807) is 0 Å². The van der Waals surface area contributed by atoms with Crippen LogP contribution in [0.15, 0.2) is 23.8 Å². The Morgan fingerprint density at radius 2 is 1.96 bits per heavy atom. The molecule has 0 aromatic heterocycles. The second-order valence-electron chi connectivity index (χ2n) is 6.92. The van der Waals surface area contributed by atoms with E-state index in [9.17, 15) is 15.0 Å². The molecule has 1 rings (SSSR count). The van der Waals surface area contributed by atoms with E-state index in [1.165, 1.54) is 44.1 Å². The number of aliphatic hydroxyl groups is 2. The van der Waals surface area contributed by atoms with E-state index in [0.29, 0.717) is 12.3 Å². The number of allylic oxidation sites excluding steroid dienone is 4. The molecule has 0 radical (unpaired) electrons. The summed E-state index contributed by atoms with van der Waals surface area (Å²) < 4.78 is 0. The van der Waals surface area contributed by atoms with Crippen molar-refractivity contribution in [3.63, 3.8) is 0 Å². The van der Waals surface area contributed by atoms with E-state index in [4.69, 9.17) is 5.11 Å². The maximum Gasteiger partial charge on any atom is 0.364 e. The van der Waals surface area contributed by atoms with Gasteiger partial charge in [0.1, 0.15) is 0 Å². The largest absolute Gasteiger partial charge is 0.477 e. The van der Waals surface area contributed by atoms with Crippen LogP contribution in [0.1, 0.15) is 84.0 Å². The van der Waals surface area contributed by atoms with Gasteiger partial charge in [-0.1, -0.05) is 56.4 Å². The number of carbonyl (C=O) groups is 1. The minimum Gasteiger partial charge on any atom is -0.477 e. The highest BCUT2D eigenvalue weighted by atomic mass is 16.5. The van der Waals surface area contributed by atoms with Crippen molar-refractivity contribution in [2.24, 2.45) is 5.92 Å². The van der Waals surface area contributed by atoms with E-state index < -0.39 is 11.8 Å². The average Bonchev–Trinajstić information content (AvgIpc) is 2.97. The summed E-state index contributed by atoms with van der Waals surface area (Å²) in [5, 5.41) is 27.1. The van der Waals surface area contributed by atoms with Crippen LogP contribution in [0.25, 0.3) is 0 Å². The van der Waals surface area contributed by atoms with Crippen molar-refractivity contribution in [3.8, 4) is 0 Å². The number of carboxylic acid groups (broad SMARTS) is 1. The zero-order chi connectivity index (χ0) is 17.8. The zero-order valence-corrected chi connectivity index (χ0v) is 15.0. The van der Waals surface area contributed by atoms with E-state index in [-0.39, 0.29) is 6.42 Å². The normalized spacial score (nSPS) is 18.3. The summed E-state index contributed by atoms with van der Waals surface area (Å²) in [4.78, 5) is 10.6. The third-order valence-electron chi connectivity index (χ3n) is 4.79. The lowest BCUT2D eigenvalue weighted by atomic mass is 9.95. The highest BCUT2D eigenvalue weighted by Crippen LogP contribution is 2.31. The van der Waals surface area contributed by atoms with Gasteiger partial charge in [-0.05, 0) is 50.9 Å². The van der Waals surface area contributed by atoms with Gasteiger partial charge in [-0.15, -0.1) is 0 Å². The molecule has 0 aliphatic heterocycles. The van der Waals surface area contributed by atoms with Crippen molar-refractivity contribution < 1.29 is 20.1 Å². The van der Waals surface area contributed by atoms with Crippen LogP contribution in [0.4, 0.5) is 0 Å². The Balaban J connectivity index is 2.18. The lowest BCUT2D eigenvalue weighted by Gasteiger charge is -2.16. The first-order chi connectivity index (χ1) is 11.5. The summed E-state index contributed by atoms with van der Waals surface area (Å²) in [5.41, 5.74) is 1.50. The second-order valence-corrected chi connectivity index (χ2v) is 6.92. The van der Waals surface area contributed by atoms with Crippen molar-refractivity contribution in [1.82, 2.24) is 0 Å². The molecule has 0 saturated heterocycles. The molecule has 3 N–H and O–H groups in total. The van der Waals surface area contributed by atoms with Gasteiger partial charge in [0, 0.05) is 6.42 Å². The average molecular weight is 338 g/mol. The molecule has 0 saturated carbocycles. The molecule has 4 heteroatoms. The summed E-state index contributed by atoms with van der Waals surface area (Å²) in [7, 11) is 0. The Bertz CT molecular complexity index is 423. The number of aliphatic carboxylic acids is 1. The van der Waals surface area contributed by atoms with Crippen molar-refractivity contribution in [1.29, 1.82) is 0 Å². The lowest BCUT2D eigenvalue weighted by Crippen LogP contribution is -2.37. The summed E-state index contributed by atoms with van der Waals surface area (Å²) in [6.07, 6.45) is 19.0. The summed E-state index contributed by atoms with van der Waals surface area (Å²) in [6, 6.07) is 0. The Labute approximate surface area is 146 Å². The molecule has 0 bridgehead atoms. The van der Waals surface area contributed by atoms with Gasteiger partial charge in [0.05, 0.1) is 0 Å². The SMILES string of the molecule is CCCCCC/C=C/[C@H]1CCC=C1CCCCCC(O)(O)C(=O)O. The minimum absolute atomic E-state index is 0.109. The molecule has 1 aliphatic rings. The lowest BCUT2D eigenvalue weighted by molar-refractivity contribution is -0.205. The van der Waals surface area contributed by atoms with Gasteiger partial charge in [-0.2, -0.15) is 0 Å². The van der Waals surface area contributed by atoms with Crippen LogP contribution in [0, 0.1) is 5.92 Å². The third kappa shape index (κ3) is 8.11. The van der Waals surface area contributed by atoms with Crippen LogP contribution >= 0.6 is 0 Å². The van der Waals surface area contributed by atoms with E-state index in [2.05, 4.69) is 25.2 Å². The van der Waals surface area contributed by atoms with Gasteiger partial charge in [0.25, 0.3) is 5.79 Å². The Kier molecular flexibility index (Phi) is 9.96. The zero-order valence-electron chi connectivity index (χ0n) is 15.0. The molecule has 4 nitrogen and oxygen atoms in total. The number of carboxylic acids is 1. The molecule has 0 unspecified atom stereocenters. The minimum atomic E-state index is -2.57. The summed E-state index contributed by atoms with van der Waals surface area (Å²) in [5.74, 6) is -3.56. The fourth-order valence-corrected chi connectivity index (χ4v) is 3.23. The standard InChI is InChI=1S/C20H34O4/c1-2-3-4-5-6-8-12-17-14-11-15-18(17)13-9-7-10-16-20(23,24)19(21)22/h8,12,15,17,23-24H,2-7,9-11,13-14,16H2,1H3,(H,21,22)/b12-8+/t17-/m0/s1. The summed E-state index contributed by atoms with van der Waals surface area (Å²) >= 11 is 0. The van der Waals surface area contributed by atoms with Gasteiger partial charge in [-0.3, -0.25) is 0 Å². The number of unbranched alkanes of at least 4 members (excludes halogenated alkanes) is 6. The van der Waals surface area contributed by atoms with Crippen LogP contribution in [-0.2, 0) is 4.79 Å². The van der Waals surface area contributed by atoms with Gasteiger partial charge in [-0.25, -0.2) is 4.79 Å². The Morgan fingerprint density at radius 1 is 1.21 bits per heavy atom. The molecule has 1 atom stereocenters. The molecule has 0 amide bonds. The van der Waals surface area contributed by atoms with Gasteiger partial charge < -0.3 is 15.3 Å². The number of hydrogen-bond acceptors (Lipinski definition) is 3. The van der Waals surface area contributed by atoms with Gasteiger partial charge in [0.2, 0.25) is 0 Å². The van der Waals surface area contributed by atoms with Crippen LogP contribution in [0.3, 0.4) is 0 Å². The first-order valence-electron chi connectivity index (χ1n) is 9.51. The fourth-order valence-electron chi connectivity index (χ4n) is 3.23. The molecular formula is C20H34O4. The molecule has 24 heavy (non-hydrogen) atoms. The quantitative estimate of drug-likeness (QED) is 0.261. The van der Waals surface area contributed by atoms with Crippen molar-refractivity contribution in [3.05, 3.63) is 23.8 Å². The highest BCUT2D eigenvalue weighted by Gasteiger charge is 2.31. The summed E-state index contributed by atoms with van der Waals surface area (Å²) in [6.45, 7) is 2.23. The van der Waals surface area contributed by atoms with E-state index in [0.717, 1.165) is 25.7 Å². The molecule has 0 spiro atoms. The highest BCUT2D eigenvalue weighted by molar-refractivity contribution is 5.74. The predicted molar refractivity (Wildman–Crippen MR) is 96.6 cm³/mol. The third-order valence-corrected chi connectivity index (χ3v) is 4.79. The van der Waals surface area contributed by atoms with Crippen LogP contribution in [0.5, 0.6) is 0 Å². The number of hydrogen-bond donors (Lipinski definition) is 3. The monoisotopic (exact) mass is 338 g/mol. The molecule has 0 aromatic rings. The first-order valence-corrected chi connectivity index (χ1v) is 9.51. The topological polar surface area (TPSA) is 77.8 Å². The maximum atomic E-state index is 10.6. The molecule has 0 aromatic carbocycles. The smallest absolute Gasteiger partial charge is 0.364 e. The molecular weight excluding hydrogens is 304 g/mol.